The first-order valence-electron chi connectivity index (χ1n) is 4.88. The Labute approximate surface area is 103 Å². The van der Waals surface area contributed by atoms with Crippen LogP contribution in [0.15, 0.2) is 36.7 Å². The van der Waals surface area contributed by atoms with Crippen LogP contribution in [0.2, 0.25) is 5.15 Å². The second-order valence-electron chi connectivity index (χ2n) is 3.23. The fraction of sp³-hybridized carbons (Fsp3) is 0.0833. The molecule has 0 N–H and O–H groups in total. The Balaban J connectivity index is 2.08. The molecule has 0 aliphatic carbocycles. The van der Waals surface area contributed by atoms with Gasteiger partial charge in [0.15, 0.2) is 0 Å². The molecule has 0 fully saturated rings. The van der Waals surface area contributed by atoms with E-state index in [2.05, 4.69) is 16.0 Å². The monoisotopic (exact) mass is 245 g/mol. The number of benzene rings is 1. The topological polar surface area (TPSA) is 58.8 Å². The lowest BCUT2D eigenvalue weighted by Crippen LogP contribution is -2.00. The maximum atomic E-state index is 8.88. The number of hydrogen-bond donors (Lipinski definition) is 0. The quantitative estimate of drug-likeness (QED) is 0.834. The molecular weight excluding hydrogens is 238 g/mol. The van der Waals surface area contributed by atoms with Gasteiger partial charge in [-0.15, -0.1) is 0 Å². The van der Waals surface area contributed by atoms with Gasteiger partial charge >= 0.3 is 0 Å². The first-order valence-corrected chi connectivity index (χ1v) is 5.26. The molecule has 2 rings (SSSR count). The van der Waals surface area contributed by atoms with Gasteiger partial charge in [-0.3, -0.25) is 4.98 Å². The number of halogens is 1. The Morgan fingerprint density at radius 3 is 2.76 bits per heavy atom. The highest BCUT2D eigenvalue weighted by molar-refractivity contribution is 6.29. The fourth-order valence-corrected chi connectivity index (χ4v) is 1.35. The van der Waals surface area contributed by atoms with Crippen LogP contribution in [0.4, 0.5) is 0 Å². The van der Waals surface area contributed by atoms with Crippen molar-refractivity contribution in [1.82, 2.24) is 9.97 Å². The molecule has 0 saturated carbocycles. The molecule has 0 radical (unpaired) electrons. The van der Waals surface area contributed by atoms with Crippen LogP contribution in [0, 0.1) is 11.3 Å². The number of nitriles is 1. The van der Waals surface area contributed by atoms with Crippen molar-refractivity contribution in [2.45, 2.75) is 6.61 Å². The van der Waals surface area contributed by atoms with Crippen molar-refractivity contribution in [3.8, 4) is 11.8 Å². The Hall–Kier alpha value is -2.12. The molecule has 5 heteroatoms. The van der Waals surface area contributed by atoms with Gasteiger partial charge in [-0.05, 0) is 12.1 Å². The van der Waals surface area contributed by atoms with Crippen molar-refractivity contribution in [2.75, 3.05) is 0 Å². The van der Waals surface area contributed by atoms with Gasteiger partial charge in [0.2, 0.25) is 0 Å². The molecule has 84 valence electrons. The number of ether oxygens (including phenoxy) is 1. The summed E-state index contributed by atoms with van der Waals surface area (Å²) in [4.78, 5) is 7.94. The van der Waals surface area contributed by atoms with E-state index < -0.39 is 0 Å². The Morgan fingerprint density at radius 1 is 1.24 bits per heavy atom. The van der Waals surface area contributed by atoms with Crippen molar-refractivity contribution < 1.29 is 4.74 Å². The molecular formula is C12H8ClN3O. The molecule has 0 unspecified atom stereocenters. The molecule has 1 aromatic carbocycles. The predicted octanol–water partition coefficient (Wildman–Crippen LogP) is 2.58. The van der Waals surface area contributed by atoms with Crippen LogP contribution in [0.25, 0.3) is 0 Å². The summed E-state index contributed by atoms with van der Waals surface area (Å²) >= 11 is 5.62. The molecule has 17 heavy (non-hydrogen) atoms. The SMILES string of the molecule is N#Cc1ccccc1OCc1cnc(Cl)cn1. The van der Waals surface area contributed by atoms with Crippen molar-refractivity contribution in [3.63, 3.8) is 0 Å². The van der Waals surface area contributed by atoms with E-state index in [4.69, 9.17) is 21.6 Å². The average molecular weight is 246 g/mol. The lowest BCUT2D eigenvalue weighted by Gasteiger charge is -2.06. The van der Waals surface area contributed by atoms with E-state index in [1.54, 1.807) is 18.2 Å². The summed E-state index contributed by atoms with van der Waals surface area (Å²) in [6.45, 7) is 0.253. The standard InChI is InChI=1S/C12H8ClN3O/c13-12-7-15-10(6-16-12)8-17-11-4-2-1-3-9(11)5-14/h1-4,6-7H,8H2. The zero-order valence-electron chi connectivity index (χ0n) is 8.80. The number of para-hydroxylation sites is 1. The zero-order chi connectivity index (χ0) is 12.1. The maximum Gasteiger partial charge on any atom is 0.147 e. The minimum absolute atomic E-state index is 0.253. The van der Waals surface area contributed by atoms with Gasteiger partial charge in [0.1, 0.15) is 23.6 Å². The van der Waals surface area contributed by atoms with Gasteiger partial charge in [-0.2, -0.15) is 5.26 Å². The van der Waals surface area contributed by atoms with E-state index >= 15 is 0 Å². The normalized spacial score (nSPS) is 9.65. The molecule has 1 heterocycles. The molecule has 0 spiro atoms. The summed E-state index contributed by atoms with van der Waals surface area (Å²) in [5.41, 5.74) is 1.15. The van der Waals surface area contributed by atoms with E-state index in [1.165, 1.54) is 12.4 Å². The van der Waals surface area contributed by atoms with Gasteiger partial charge in [-0.1, -0.05) is 23.7 Å². The largest absolute Gasteiger partial charge is 0.486 e. The Kier molecular flexibility index (Phi) is 3.53. The highest BCUT2D eigenvalue weighted by Crippen LogP contribution is 2.17. The highest BCUT2D eigenvalue weighted by Gasteiger charge is 2.03. The van der Waals surface area contributed by atoms with E-state index in [0.717, 1.165) is 0 Å². The van der Waals surface area contributed by atoms with Crippen molar-refractivity contribution in [1.29, 1.82) is 5.26 Å². The van der Waals surface area contributed by atoms with Crippen LogP contribution in [0.5, 0.6) is 5.75 Å². The Morgan fingerprint density at radius 2 is 2.06 bits per heavy atom. The van der Waals surface area contributed by atoms with Crippen LogP contribution in [0.1, 0.15) is 11.3 Å². The summed E-state index contributed by atoms with van der Waals surface area (Å²) in [5.74, 6) is 0.534. The zero-order valence-corrected chi connectivity index (χ0v) is 9.55. The van der Waals surface area contributed by atoms with E-state index in [-0.39, 0.29) is 6.61 Å². The smallest absolute Gasteiger partial charge is 0.147 e. The molecule has 0 saturated heterocycles. The van der Waals surface area contributed by atoms with E-state index in [0.29, 0.717) is 22.2 Å². The number of nitrogens with zero attached hydrogens (tertiary/aromatic N) is 3. The predicted molar refractivity (Wildman–Crippen MR) is 62.5 cm³/mol. The number of rotatable bonds is 3. The van der Waals surface area contributed by atoms with Gasteiger partial charge in [-0.25, -0.2) is 4.98 Å². The van der Waals surface area contributed by atoms with Gasteiger partial charge in [0.05, 0.1) is 23.7 Å². The third-order valence-corrected chi connectivity index (χ3v) is 2.25. The molecule has 4 nitrogen and oxygen atoms in total. The molecule has 1 aromatic heterocycles. The molecule has 0 atom stereocenters. The third kappa shape index (κ3) is 2.92. The minimum Gasteiger partial charge on any atom is -0.486 e. The number of hydrogen-bond acceptors (Lipinski definition) is 4. The molecule has 0 aliphatic rings. The van der Waals surface area contributed by atoms with Crippen LogP contribution < -0.4 is 4.74 Å². The van der Waals surface area contributed by atoms with Crippen molar-refractivity contribution in [3.05, 3.63) is 53.1 Å². The first kappa shape index (κ1) is 11.4. The summed E-state index contributed by atoms with van der Waals surface area (Å²) in [7, 11) is 0. The highest BCUT2D eigenvalue weighted by atomic mass is 35.5. The third-order valence-electron chi connectivity index (χ3n) is 2.06. The molecule has 2 aromatic rings. The van der Waals surface area contributed by atoms with Crippen LogP contribution in [0.3, 0.4) is 0 Å². The van der Waals surface area contributed by atoms with Crippen LogP contribution >= 0.6 is 11.6 Å². The lowest BCUT2D eigenvalue weighted by molar-refractivity contribution is 0.300. The average Bonchev–Trinajstić information content (AvgIpc) is 2.38. The summed E-state index contributed by atoms with van der Waals surface area (Å²) in [6.07, 6.45) is 2.99. The van der Waals surface area contributed by atoms with Crippen LogP contribution in [-0.2, 0) is 6.61 Å². The maximum absolute atomic E-state index is 8.88. The van der Waals surface area contributed by atoms with Crippen LogP contribution in [-0.4, -0.2) is 9.97 Å². The Bertz CT molecular complexity index is 548. The second kappa shape index (κ2) is 5.28. The number of aromatic nitrogens is 2. The first-order chi connectivity index (χ1) is 8.29. The van der Waals surface area contributed by atoms with Gasteiger partial charge < -0.3 is 4.74 Å². The fourth-order valence-electron chi connectivity index (χ4n) is 1.25. The summed E-state index contributed by atoms with van der Waals surface area (Å²) in [6, 6.07) is 9.09. The second-order valence-corrected chi connectivity index (χ2v) is 3.61. The van der Waals surface area contributed by atoms with E-state index in [1.807, 2.05) is 6.07 Å². The lowest BCUT2D eigenvalue weighted by atomic mass is 10.2. The molecule has 0 amide bonds. The minimum atomic E-state index is 0.253. The van der Waals surface area contributed by atoms with E-state index in [9.17, 15) is 0 Å². The molecule has 0 aliphatic heterocycles. The van der Waals surface area contributed by atoms with Crippen molar-refractivity contribution >= 4 is 11.6 Å². The summed E-state index contributed by atoms with van der Waals surface area (Å²) in [5, 5.41) is 9.22. The van der Waals surface area contributed by atoms with Gasteiger partial charge in [0.25, 0.3) is 0 Å². The summed E-state index contributed by atoms with van der Waals surface area (Å²) < 4.78 is 5.49. The van der Waals surface area contributed by atoms with Gasteiger partial charge in [0, 0.05) is 0 Å². The van der Waals surface area contributed by atoms with Crippen molar-refractivity contribution in [2.24, 2.45) is 0 Å². The molecule has 0 bridgehead atoms.